The quantitative estimate of drug-likeness (QED) is 0.191. The van der Waals surface area contributed by atoms with E-state index < -0.39 is 20.4 Å². The maximum absolute atomic E-state index is 2.50. The summed E-state index contributed by atoms with van der Waals surface area (Å²) < 4.78 is 2.87. The number of fused-ring (bicyclic) bond motifs is 4. The molecule has 0 fully saturated rings. The summed E-state index contributed by atoms with van der Waals surface area (Å²) in [5.74, 6) is 0. The normalized spacial score (nSPS) is 13.7. The van der Waals surface area contributed by atoms with Crippen LogP contribution in [0.1, 0.15) is 0 Å². The molecule has 2 aliphatic heterocycles. The molecule has 0 aliphatic carbocycles. The SMILES string of the molecule is c1ccc2c(c1)Sc1ccccc1N2c1ccc(N2c3ccccc3Sc3ccccc32)[te]1. The van der Waals surface area contributed by atoms with Gasteiger partial charge in [-0.3, -0.25) is 0 Å². The van der Waals surface area contributed by atoms with Crippen LogP contribution in [0.5, 0.6) is 0 Å². The molecule has 0 N–H and O–H groups in total. The van der Waals surface area contributed by atoms with E-state index in [9.17, 15) is 0 Å². The van der Waals surface area contributed by atoms with Gasteiger partial charge in [0, 0.05) is 0 Å². The van der Waals surface area contributed by atoms with Crippen LogP contribution in [-0.4, -0.2) is 20.4 Å². The molecule has 158 valence electrons. The fraction of sp³-hybridized carbons (Fsp3) is 0. The summed E-state index contributed by atoms with van der Waals surface area (Å²) in [7, 11) is 0. The molecule has 0 spiro atoms. The number of benzene rings is 4. The van der Waals surface area contributed by atoms with Gasteiger partial charge in [0.05, 0.1) is 0 Å². The Morgan fingerprint density at radius 1 is 0.394 bits per heavy atom. The third kappa shape index (κ3) is 3.26. The Labute approximate surface area is 211 Å². The van der Waals surface area contributed by atoms with Crippen LogP contribution in [0.15, 0.2) is 129 Å². The van der Waals surface area contributed by atoms with Gasteiger partial charge in [0.2, 0.25) is 0 Å². The number of nitrogens with zero attached hydrogens (tertiary/aromatic N) is 2. The van der Waals surface area contributed by atoms with Crippen LogP contribution >= 0.6 is 23.5 Å². The topological polar surface area (TPSA) is 6.48 Å². The Hall–Kier alpha value is -2.55. The molecule has 1 aromatic heterocycles. The molecular formula is C28H18N2S2Te. The number of hydrogen-bond acceptors (Lipinski definition) is 4. The van der Waals surface area contributed by atoms with Crippen molar-refractivity contribution >= 4 is 74.1 Å². The second-order valence-corrected chi connectivity index (χ2v) is 13.0. The van der Waals surface area contributed by atoms with Gasteiger partial charge in [0.25, 0.3) is 0 Å². The molecule has 0 bridgehead atoms. The average molecular weight is 574 g/mol. The summed E-state index contributed by atoms with van der Waals surface area (Å²) in [5.41, 5.74) is 5.17. The molecule has 3 heterocycles. The zero-order valence-electron chi connectivity index (χ0n) is 17.5. The van der Waals surface area contributed by atoms with Crippen molar-refractivity contribution in [1.29, 1.82) is 0 Å². The van der Waals surface area contributed by atoms with Crippen LogP contribution in [0.2, 0.25) is 0 Å². The summed E-state index contributed by atoms with van der Waals surface area (Å²) in [6.45, 7) is 0. The van der Waals surface area contributed by atoms with Crippen molar-refractivity contribution in [3.05, 3.63) is 109 Å². The number of para-hydroxylation sites is 4. The van der Waals surface area contributed by atoms with E-state index in [0.29, 0.717) is 0 Å². The third-order valence-corrected chi connectivity index (χ3v) is 11.2. The standard InChI is InChI=1S/C28H18N2S2Te/c1-5-13-23-19(9-1)29(20-10-2-6-14-24(20)31-23)27-17-18-28(33-27)30-21-11-3-7-15-25(21)32-26-16-8-4-12-22(26)30/h1-18H. The summed E-state index contributed by atoms with van der Waals surface area (Å²) >= 11 is 3.12. The van der Waals surface area contributed by atoms with E-state index in [1.54, 1.807) is 0 Å². The molecule has 0 saturated carbocycles. The van der Waals surface area contributed by atoms with E-state index in [0.717, 1.165) is 0 Å². The van der Waals surface area contributed by atoms with Crippen LogP contribution in [0.25, 0.3) is 0 Å². The van der Waals surface area contributed by atoms with E-state index in [-0.39, 0.29) is 0 Å². The van der Waals surface area contributed by atoms with E-state index >= 15 is 0 Å². The van der Waals surface area contributed by atoms with E-state index in [1.807, 2.05) is 23.5 Å². The first-order valence-electron chi connectivity index (χ1n) is 10.8. The predicted octanol–water partition coefficient (Wildman–Crippen LogP) is 8.61. The molecule has 0 unspecified atom stereocenters. The minimum absolute atomic E-state index is 0.619. The zero-order valence-corrected chi connectivity index (χ0v) is 21.5. The van der Waals surface area contributed by atoms with E-state index in [2.05, 4.69) is 119 Å². The van der Waals surface area contributed by atoms with E-state index in [4.69, 9.17) is 0 Å². The predicted molar refractivity (Wildman–Crippen MR) is 141 cm³/mol. The van der Waals surface area contributed by atoms with Gasteiger partial charge in [-0.05, 0) is 0 Å². The second-order valence-electron chi connectivity index (χ2n) is 7.86. The van der Waals surface area contributed by atoms with E-state index in [1.165, 1.54) is 49.7 Å². The van der Waals surface area contributed by atoms with Crippen molar-refractivity contribution in [3.8, 4) is 0 Å². The molecule has 0 radical (unpaired) electrons. The Balaban J connectivity index is 1.39. The first-order chi connectivity index (χ1) is 16.4. The fourth-order valence-electron chi connectivity index (χ4n) is 4.44. The number of anilines is 6. The summed E-state index contributed by atoms with van der Waals surface area (Å²) in [6, 6.07) is 39.9. The monoisotopic (exact) mass is 576 g/mol. The number of rotatable bonds is 2. The third-order valence-electron chi connectivity index (χ3n) is 5.88. The van der Waals surface area contributed by atoms with Gasteiger partial charge in [0.15, 0.2) is 0 Å². The molecule has 5 aromatic rings. The molecule has 0 atom stereocenters. The summed E-state index contributed by atoms with van der Waals surface area (Å²) in [6.07, 6.45) is 0. The zero-order chi connectivity index (χ0) is 21.8. The van der Waals surface area contributed by atoms with Crippen LogP contribution < -0.4 is 9.80 Å². The minimum atomic E-state index is -0.619. The van der Waals surface area contributed by atoms with Gasteiger partial charge in [0.1, 0.15) is 0 Å². The van der Waals surface area contributed by atoms with Crippen molar-refractivity contribution < 1.29 is 0 Å². The van der Waals surface area contributed by atoms with Crippen LogP contribution in [-0.2, 0) is 0 Å². The van der Waals surface area contributed by atoms with Crippen LogP contribution in [0.4, 0.5) is 30.2 Å². The first-order valence-corrected chi connectivity index (χ1v) is 14.7. The van der Waals surface area contributed by atoms with Crippen molar-refractivity contribution in [3.63, 3.8) is 0 Å². The second kappa shape index (κ2) is 8.04. The Morgan fingerprint density at radius 3 is 1.03 bits per heavy atom. The molecule has 4 aromatic carbocycles. The van der Waals surface area contributed by atoms with Gasteiger partial charge in [-0.1, -0.05) is 0 Å². The van der Waals surface area contributed by atoms with Crippen molar-refractivity contribution in [2.24, 2.45) is 0 Å². The van der Waals surface area contributed by atoms with Gasteiger partial charge in [-0.2, -0.15) is 0 Å². The first kappa shape index (κ1) is 19.9. The van der Waals surface area contributed by atoms with Gasteiger partial charge >= 0.3 is 213 Å². The Bertz CT molecular complexity index is 1310. The maximum atomic E-state index is 2.50. The molecule has 33 heavy (non-hydrogen) atoms. The van der Waals surface area contributed by atoms with Gasteiger partial charge in [-0.15, -0.1) is 0 Å². The molecule has 7 rings (SSSR count). The molecule has 0 saturated heterocycles. The Kier molecular flexibility index (Phi) is 4.84. The summed E-state index contributed by atoms with van der Waals surface area (Å²) in [4.78, 5) is 10.3. The van der Waals surface area contributed by atoms with Crippen LogP contribution in [0.3, 0.4) is 0 Å². The Morgan fingerprint density at radius 2 is 0.697 bits per heavy atom. The van der Waals surface area contributed by atoms with Crippen molar-refractivity contribution in [1.82, 2.24) is 0 Å². The summed E-state index contributed by atoms with van der Waals surface area (Å²) in [5, 5.41) is 0. The average Bonchev–Trinajstić information content (AvgIpc) is 3.35. The molecule has 2 nitrogen and oxygen atoms in total. The van der Waals surface area contributed by atoms with Crippen molar-refractivity contribution in [2.75, 3.05) is 9.80 Å². The molecule has 5 heteroatoms. The molecular weight excluding hydrogens is 556 g/mol. The fourth-order valence-corrected chi connectivity index (χ4v) is 9.59. The van der Waals surface area contributed by atoms with Gasteiger partial charge < -0.3 is 0 Å². The van der Waals surface area contributed by atoms with Crippen LogP contribution in [0, 0.1) is 0 Å². The van der Waals surface area contributed by atoms with Crippen molar-refractivity contribution in [2.45, 2.75) is 19.6 Å². The molecule has 2 aliphatic rings. The van der Waals surface area contributed by atoms with Gasteiger partial charge in [-0.25, -0.2) is 0 Å². The molecule has 0 amide bonds. The number of hydrogen-bond donors (Lipinski definition) is 0.